The third-order valence-electron chi connectivity index (χ3n) is 5.70. The largest absolute Gasteiger partial charge is 0.452 e. The van der Waals surface area contributed by atoms with Crippen molar-refractivity contribution in [3.8, 4) is 0 Å². The van der Waals surface area contributed by atoms with Crippen LogP contribution in [0, 0.1) is 17.8 Å². The lowest BCUT2D eigenvalue weighted by atomic mass is 9.78. The Morgan fingerprint density at radius 3 is 2.41 bits per heavy atom. The standard InChI is InChI=1S/C24H21BrN2O5/c1-14-3-2-4-19-21(14)23(30)27(22(19)29)18-11-5-15(6-12-18)24(31)32-13-20(28)26-17-9-7-16(25)8-10-17/h2-3,5-12,14,19,21H,4,13H2,1H3,(H,26,28)/t14-,19-,21+/m1/s1. The lowest BCUT2D eigenvalue weighted by Crippen LogP contribution is -2.31. The van der Waals surface area contributed by atoms with Gasteiger partial charge in [0, 0.05) is 10.2 Å². The van der Waals surface area contributed by atoms with Crippen molar-refractivity contribution >= 4 is 51.0 Å². The minimum absolute atomic E-state index is 0.00741. The Morgan fingerprint density at radius 1 is 1.06 bits per heavy atom. The fourth-order valence-electron chi connectivity index (χ4n) is 4.09. The average Bonchev–Trinajstić information content (AvgIpc) is 3.05. The minimum Gasteiger partial charge on any atom is -0.452 e. The first-order valence-electron chi connectivity index (χ1n) is 10.2. The van der Waals surface area contributed by atoms with E-state index in [1.807, 2.05) is 19.1 Å². The van der Waals surface area contributed by atoms with Gasteiger partial charge in [-0.1, -0.05) is 35.0 Å². The zero-order chi connectivity index (χ0) is 22.8. The predicted octanol–water partition coefficient (Wildman–Crippen LogP) is 3.95. The maximum Gasteiger partial charge on any atom is 0.338 e. The van der Waals surface area contributed by atoms with Crippen molar-refractivity contribution < 1.29 is 23.9 Å². The van der Waals surface area contributed by atoms with Crippen molar-refractivity contribution in [2.24, 2.45) is 17.8 Å². The zero-order valence-electron chi connectivity index (χ0n) is 17.3. The molecule has 2 aromatic carbocycles. The molecule has 0 aromatic heterocycles. The SMILES string of the molecule is C[C@@H]1C=CC[C@H]2C(=O)N(c3ccc(C(=O)OCC(=O)Nc4ccc(Br)cc4)cc3)C(=O)[C@@H]12. The first-order valence-corrected chi connectivity index (χ1v) is 11.0. The highest BCUT2D eigenvalue weighted by molar-refractivity contribution is 9.10. The summed E-state index contributed by atoms with van der Waals surface area (Å²) in [5.41, 5.74) is 1.23. The van der Waals surface area contributed by atoms with Crippen LogP contribution in [0.15, 0.2) is 65.2 Å². The van der Waals surface area contributed by atoms with Crippen LogP contribution in [0.25, 0.3) is 0 Å². The molecule has 8 heteroatoms. The van der Waals surface area contributed by atoms with Gasteiger partial charge in [0.2, 0.25) is 11.8 Å². The van der Waals surface area contributed by atoms with E-state index in [4.69, 9.17) is 4.74 Å². The second kappa shape index (κ2) is 9.08. The lowest BCUT2D eigenvalue weighted by Gasteiger charge is -2.22. The van der Waals surface area contributed by atoms with Crippen molar-refractivity contribution in [2.75, 3.05) is 16.8 Å². The van der Waals surface area contributed by atoms with Crippen LogP contribution in [0.4, 0.5) is 11.4 Å². The number of allylic oxidation sites excluding steroid dienone is 2. The number of ether oxygens (including phenoxy) is 1. The molecule has 1 heterocycles. The Labute approximate surface area is 193 Å². The van der Waals surface area contributed by atoms with Gasteiger partial charge in [0.05, 0.1) is 23.1 Å². The van der Waals surface area contributed by atoms with Crippen LogP contribution in [0.5, 0.6) is 0 Å². The van der Waals surface area contributed by atoms with Crippen LogP contribution in [0.3, 0.4) is 0 Å². The van der Waals surface area contributed by atoms with Crippen molar-refractivity contribution in [2.45, 2.75) is 13.3 Å². The summed E-state index contributed by atoms with van der Waals surface area (Å²) in [6.07, 6.45) is 4.48. The maximum atomic E-state index is 12.9. The minimum atomic E-state index is -0.673. The quantitative estimate of drug-likeness (QED) is 0.384. The Balaban J connectivity index is 1.36. The molecule has 1 aliphatic heterocycles. The number of fused-ring (bicyclic) bond motifs is 1. The molecule has 0 bridgehead atoms. The van der Waals surface area contributed by atoms with E-state index in [0.717, 1.165) is 4.47 Å². The first-order chi connectivity index (χ1) is 15.3. The normalized spacial score (nSPS) is 21.9. The van der Waals surface area contributed by atoms with Crippen molar-refractivity contribution in [1.82, 2.24) is 0 Å². The molecule has 1 aliphatic carbocycles. The Bertz CT molecular complexity index is 1090. The number of amides is 3. The highest BCUT2D eigenvalue weighted by Gasteiger charge is 2.50. The fourth-order valence-corrected chi connectivity index (χ4v) is 4.36. The van der Waals surface area contributed by atoms with E-state index in [2.05, 4.69) is 21.2 Å². The molecule has 32 heavy (non-hydrogen) atoms. The lowest BCUT2D eigenvalue weighted by molar-refractivity contribution is -0.123. The smallest absolute Gasteiger partial charge is 0.338 e. The number of benzene rings is 2. The number of halogens is 1. The number of anilines is 2. The molecule has 0 spiro atoms. The number of nitrogens with zero attached hydrogens (tertiary/aromatic N) is 1. The number of nitrogens with one attached hydrogen (secondary N) is 1. The third kappa shape index (κ3) is 4.36. The molecule has 0 unspecified atom stereocenters. The summed E-state index contributed by atoms with van der Waals surface area (Å²) in [5.74, 6) is -2.23. The molecule has 3 amide bonds. The van der Waals surface area contributed by atoms with Gasteiger partial charge in [0.15, 0.2) is 6.61 Å². The molecule has 164 valence electrons. The van der Waals surface area contributed by atoms with Gasteiger partial charge in [0.25, 0.3) is 5.91 Å². The van der Waals surface area contributed by atoms with Crippen molar-refractivity contribution in [1.29, 1.82) is 0 Å². The maximum absolute atomic E-state index is 12.9. The average molecular weight is 497 g/mol. The summed E-state index contributed by atoms with van der Waals surface area (Å²) in [5, 5.41) is 2.64. The second-order valence-electron chi connectivity index (χ2n) is 7.85. The van der Waals surface area contributed by atoms with Crippen LogP contribution < -0.4 is 10.2 Å². The molecule has 1 N–H and O–H groups in total. The third-order valence-corrected chi connectivity index (χ3v) is 6.22. The topological polar surface area (TPSA) is 92.8 Å². The summed E-state index contributed by atoms with van der Waals surface area (Å²) in [7, 11) is 0. The van der Waals surface area contributed by atoms with E-state index in [-0.39, 0.29) is 35.1 Å². The highest BCUT2D eigenvalue weighted by atomic mass is 79.9. The van der Waals surface area contributed by atoms with Gasteiger partial charge in [-0.2, -0.15) is 0 Å². The summed E-state index contributed by atoms with van der Waals surface area (Å²) in [6.45, 7) is 1.50. The van der Waals surface area contributed by atoms with E-state index in [1.54, 1.807) is 36.4 Å². The van der Waals surface area contributed by atoms with Crippen molar-refractivity contribution in [3.05, 3.63) is 70.7 Å². The monoisotopic (exact) mass is 496 g/mol. The van der Waals surface area contributed by atoms with E-state index in [1.165, 1.54) is 17.0 Å². The fraction of sp³-hybridized carbons (Fsp3) is 0.250. The van der Waals surface area contributed by atoms with E-state index < -0.39 is 18.5 Å². The Kier molecular flexibility index (Phi) is 6.23. The number of carbonyl (C=O) groups is 4. The van der Waals surface area contributed by atoms with Gasteiger partial charge in [-0.25, -0.2) is 4.79 Å². The second-order valence-corrected chi connectivity index (χ2v) is 8.76. The van der Waals surface area contributed by atoms with E-state index in [0.29, 0.717) is 17.8 Å². The molecular formula is C24H21BrN2O5. The highest BCUT2D eigenvalue weighted by Crippen LogP contribution is 2.40. The molecule has 0 saturated carbocycles. The van der Waals surface area contributed by atoms with E-state index in [9.17, 15) is 19.2 Å². The summed E-state index contributed by atoms with van der Waals surface area (Å²) in [6, 6.07) is 13.1. The van der Waals surface area contributed by atoms with Crippen LogP contribution in [0.2, 0.25) is 0 Å². The molecular weight excluding hydrogens is 476 g/mol. The number of imide groups is 1. The number of hydrogen-bond donors (Lipinski definition) is 1. The van der Waals surface area contributed by atoms with Crippen molar-refractivity contribution in [3.63, 3.8) is 0 Å². The van der Waals surface area contributed by atoms with E-state index >= 15 is 0 Å². The van der Waals surface area contributed by atoms with Crippen LogP contribution >= 0.6 is 15.9 Å². The summed E-state index contributed by atoms with van der Waals surface area (Å²) in [4.78, 5) is 51.1. The molecule has 0 radical (unpaired) electrons. The summed E-state index contributed by atoms with van der Waals surface area (Å²) >= 11 is 3.31. The molecule has 3 atom stereocenters. The molecule has 2 aliphatic rings. The summed E-state index contributed by atoms with van der Waals surface area (Å²) < 4.78 is 5.95. The van der Waals surface area contributed by atoms with Crippen LogP contribution in [-0.4, -0.2) is 30.3 Å². The van der Waals surface area contributed by atoms with Gasteiger partial charge >= 0.3 is 5.97 Å². The number of hydrogen-bond acceptors (Lipinski definition) is 5. The predicted molar refractivity (Wildman–Crippen MR) is 122 cm³/mol. The molecule has 2 aromatic rings. The van der Waals surface area contributed by atoms with Gasteiger partial charge in [-0.05, 0) is 60.9 Å². The van der Waals surface area contributed by atoms with Crippen LogP contribution in [0.1, 0.15) is 23.7 Å². The van der Waals surface area contributed by atoms with Crippen LogP contribution in [-0.2, 0) is 19.1 Å². The van der Waals surface area contributed by atoms with Gasteiger partial charge < -0.3 is 10.1 Å². The molecule has 7 nitrogen and oxygen atoms in total. The van der Waals surface area contributed by atoms with Gasteiger partial charge in [-0.15, -0.1) is 0 Å². The molecule has 1 fully saturated rings. The number of rotatable bonds is 5. The van der Waals surface area contributed by atoms with Gasteiger partial charge in [-0.3, -0.25) is 19.3 Å². The van der Waals surface area contributed by atoms with Gasteiger partial charge in [0.1, 0.15) is 0 Å². The molecule has 1 saturated heterocycles. The first kappa shape index (κ1) is 22.0. The Hall–Kier alpha value is -3.26. The molecule has 4 rings (SSSR count). The number of carbonyl (C=O) groups excluding carboxylic acids is 4. The Morgan fingerprint density at radius 2 is 1.75 bits per heavy atom. The zero-order valence-corrected chi connectivity index (χ0v) is 18.9. The number of esters is 1.